The lowest BCUT2D eigenvalue weighted by molar-refractivity contribution is 0.886. The molecular formula is C14H19NS. The van der Waals surface area contributed by atoms with Gasteiger partial charge in [0, 0.05) is 22.1 Å². The minimum absolute atomic E-state index is 0.424. The Balaban J connectivity index is 1.63. The maximum Gasteiger partial charge on any atom is 0.0115 e. The van der Waals surface area contributed by atoms with E-state index >= 15 is 0 Å². The highest BCUT2D eigenvalue weighted by molar-refractivity contribution is 8.00. The molecule has 1 aromatic rings. The third-order valence-electron chi connectivity index (χ3n) is 3.75. The van der Waals surface area contributed by atoms with Gasteiger partial charge in [0.2, 0.25) is 0 Å². The van der Waals surface area contributed by atoms with Crippen molar-refractivity contribution in [3.05, 3.63) is 29.8 Å². The average Bonchev–Trinajstić information content (AvgIpc) is 2.81. The first-order chi connectivity index (χ1) is 7.83. The van der Waals surface area contributed by atoms with Crippen LogP contribution in [0, 0.1) is 0 Å². The SMILES string of the molecule is NC1CC1c1ccc(SC2CCCC2)cc1. The summed E-state index contributed by atoms with van der Waals surface area (Å²) in [5.41, 5.74) is 7.30. The summed E-state index contributed by atoms with van der Waals surface area (Å²) < 4.78 is 0. The number of hydrogen-bond donors (Lipinski definition) is 1. The van der Waals surface area contributed by atoms with Crippen LogP contribution in [0.1, 0.15) is 43.6 Å². The van der Waals surface area contributed by atoms with Crippen molar-refractivity contribution in [2.24, 2.45) is 5.73 Å². The molecule has 86 valence electrons. The first-order valence-corrected chi connectivity index (χ1v) is 7.23. The van der Waals surface area contributed by atoms with Gasteiger partial charge >= 0.3 is 0 Å². The van der Waals surface area contributed by atoms with Crippen LogP contribution in [-0.4, -0.2) is 11.3 Å². The van der Waals surface area contributed by atoms with Gasteiger partial charge in [-0.25, -0.2) is 0 Å². The molecule has 0 amide bonds. The summed E-state index contributed by atoms with van der Waals surface area (Å²) in [6.45, 7) is 0. The Labute approximate surface area is 102 Å². The van der Waals surface area contributed by atoms with Gasteiger partial charge in [-0.15, -0.1) is 11.8 Å². The van der Waals surface area contributed by atoms with Crippen molar-refractivity contribution in [3.63, 3.8) is 0 Å². The third kappa shape index (κ3) is 2.28. The summed E-state index contributed by atoms with van der Waals surface area (Å²) >= 11 is 2.06. The van der Waals surface area contributed by atoms with Crippen LogP contribution in [0.5, 0.6) is 0 Å². The van der Waals surface area contributed by atoms with Gasteiger partial charge in [0.1, 0.15) is 0 Å². The first-order valence-electron chi connectivity index (χ1n) is 6.35. The molecule has 2 N–H and O–H groups in total. The van der Waals surface area contributed by atoms with Crippen molar-refractivity contribution >= 4 is 11.8 Å². The fourth-order valence-corrected chi connectivity index (χ4v) is 3.84. The Bertz CT molecular complexity index is 354. The zero-order valence-electron chi connectivity index (χ0n) is 9.56. The van der Waals surface area contributed by atoms with E-state index in [0.717, 1.165) is 5.25 Å². The number of rotatable bonds is 3. The number of benzene rings is 1. The van der Waals surface area contributed by atoms with Gasteiger partial charge in [-0.1, -0.05) is 25.0 Å². The molecule has 0 aromatic heterocycles. The van der Waals surface area contributed by atoms with Gasteiger partial charge in [0.05, 0.1) is 0 Å². The molecule has 2 saturated carbocycles. The van der Waals surface area contributed by atoms with E-state index in [9.17, 15) is 0 Å². The van der Waals surface area contributed by atoms with Crippen LogP contribution in [0.25, 0.3) is 0 Å². The van der Waals surface area contributed by atoms with Gasteiger partial charge in [-0.2, -0.15) is 0 Å². The molecule has 0 heterocycles. The number of hydrogen-bond acceptors (Lipinski definition) is 2. The molecule has 2 unspecified atom stereocenters. The van der Waals surface area contributed by atoms with E-state index in [1.54, 1.807) is 0 Å². The quantitative estimate of drug-likeness (QED) is 0.864. The summed E-state index contributed by atoms with van der Waals surface area (Å²) in [4.78, 5) is 1.44. The van der Waals surface area contributed by atoms with Crippen LogP contribution in [0.3, 0.4) is 0 Å². The topological polar surface area (TPSA) is 26.0 Å². The Morgan fingerprint density at radius 3 is 2.25 bits per heavy atom. The molecular weight excluding hydrogens is 214 g/mol. The molecule has 2 aliphatic rings. The normalized spacial score (nSPS) is 29.6. The molecule has 0 radical (unpaired) electrons. The van der Waals surface area contributed by atoms with Crippen molar-refractivity contribution in [1.29, 1.82) is 0 Å². The van der Waals surface area contributed by atoms with Gasteiger partial charge in [0.25, 0.3) is 0 Å². The maximum absolute atomic E-state index is 5.86. The minimum atomic E-state index is 0.424. The highest BCUT2D eigenvalue weighted by atomic mass is 32.2. The lowest BCUT2D eigenvalue weighted by Gasteiger charge is -2.09. The van der Waals surface area contributed by atoms with E-state index in [4.69, 9.17) is 5.73 Å². The van der Waals surface area contributed by atoms with Crippen LogP contribution in [-0.2, 0) is 0 Å². The summed E-state index contributed by atoms with van der Waals surface area (Å²) in [7, 11) is 0. The van der Waals surface area contributed by atoms with Crippen LogP contribution >= 0.6 is 11.8 Å². The highest BCUT2D eigenvalue weighted by Crippen LogP contribution is 2.40. The Hall–Kier alpha value is -0.470. The molecule has 2 heteroatoms. The van der Waals surface area contributed by atoms with Crippen LogP contribution in [0.15, 0.2) is 29.2 Å². The van der Waals surface area contributed by atoms with E-state index in [1.165, 1.54) is 42.6 Å². The highest BCUT2D eigenvalue weighted by Gasteiger charge is 2.34. The van der Waals surface area contributed by atoms with Crippen molar-refractivity contribution in [2.45, 2.75) is 54.2 Å². The van der Waals surface area contributed by atoms with E-state index < -0.39 is 0 Å². The molecule has 2 aliphatic carbocycles. The van der Waals surface area contributed by atoms with Crippen molar-refractivity contribution in [1.82, 2.24) is 0 Å². The number of thioether (sulfide) groups is 1. The van der Waals surface area contributed by atoms with E-state index in [-0.39, 0.29) is 0 Å². The average molecular weight is 233 g/mol. The fraction of sp³-hybridized carbons (Fsp3) is 0.571. The predicted molar refractivity (Wildman–Crippen MR) is 69.9 cm³/mol. The monoisotopic (exact) mass is 233 g/mol. The largest absolute Gasteiger partial charge is 0.327 e. The second-order valence-corrected chi connectivity index (χ2v) is 6.47. The van der Waals surface area contributed by atoms with Crippen LogP contribution in [0.4, 0.5) is 0 Å². The standard InChI is InChI=1S/C14H19NS/c15-14-9-13(14)10-5-7-12(8-6-10)16-11-3-1-2-4-11/h5-8,11,13-14H,1-4,9,15H2. The smallest absolute Gasteiger partial charge is 0.0115 e. The fourth-order valence-electron chi connectivity index (χ4n) is 2.59. The lowest BCUT2D eigenvalue weighted by atomic mass is 10.1. The maximum atomic E-state index is 5.86. The molecule has 0 aliphatic heterocycles. The van der Waals surface area contributed by atoms with E-state index in [0.29, 0.717) is 12.0 Å². The molecule has 2 atom stereocenters. The van der Waals surface area contributed by atoms with Gasteiger partial charge in [-0.05, 0) is 37.0 Å². The summed E-state index contributed by atoms with van der Waals surface area (Å²) in [6, 6.07) is 9.53. The second-order valence-electron chi connectivity index (χ2n) is 5.10. The zero-order valence-corrected chi connectivity index (χ0v) is 10.4. The van der Waals surface area contributed by atoms with Crippen molar-refractivity contribution in [3.8, 4) is 0 Å². The van der Waals surface area contributed by atoms with E-state index in [2.05, 4.69) is 36.0 Å². The Morgan fingerprint density at radius 2 is 1.69 bits per heavy atom. The van der Waals surface area contributed by atoms with Crippen molar-refractivity contribution in [2.75, 3.05) is 0 Å². The molecule has 3 rings (SSSR count). The van der Waals surface area contributed by atoms with E-state index in [1.807, 2.05) is 0 Å². The van der Waals surface area contributed by atoms with Crippen LogP contribution < -0.4 is 5.73 Å². The Kier molecular flexibility index (Phi) is 2.95. The van der Waals surface area contributed by atoms with Gasteiger partial charge in [0.15, 0.2) is 0 Å². The molecule has 16 heavy (non-hydrogen) atoms. The zero-order chi connectivity index (χ0) is 11.0. The Morgan fingerprint density at radius 1 is 1.06 bits per heavy atom. The molecule has 1 nitrogen and oxygen atoms in total. The van der Waals surface area contributed by atoms with Crippen LogP contribution in [0.2, 0.25) is 0 Å². The minimum Gasteiger partial charge on any atom is -0.327 e. The third-order valence-corrected chi connectivity index (χ3v) is 5.10. The molecule has 0 spiro atoms. The summed E-state index contributed by atoms with van der Waals surface area (Å²) in [6.07, 6.45) is 6.83. The number of nitrogens with two attached hydrogens (primary N) is 1. The molecule has 1 aromatic carbocycles. The predicted octanol–water partition coefficient (Wildman–Crippen LogP) is 3.54. The van der Waals surface area contributed by atoms with Gasteiger partial charge in [-0.3, -0.25) is 0 Å². The van der Waals surface area contributed by atoms with Crippen molar-refractivity contribution < 1.29 is 0 Å². The van der Waals surface area contributed by atoms with Gasteiger partial charge < -0.3 is 5.73 Å². The summed E-state index contributed by atoms with van der Waals surface area (Å²) in [5, 5.41) is 0.869. The molecule has 2 fully saturated rings. The summed E-state index contributed by atoms with van der Waals surface area (Å²) in [5.74, 6) is 0.644. The lowest BCUT2D eigenvalue weighted by Crippen LogP contribution is -2.00. The molecule has 0 saturated heterocycles. The molecule has 0 bridgehead atoms. The second kappa shape index (κ2) is 4.42. The first kappa shape index (κ1) is 10.7.